The number of nitrogens with zero attached hydrogens (tertiary/aromatic N) is 1. The normalized spacial score (nSPS) is 9.74. The van der Waals surface area contributed by atoms with E-state index < -0.39 is 0 Å². The van der Waals surface area contributed by atoms with Gasteiger partial charge in [-0.25, -0.2) is 4.98 Å². The zero-order chi connectivity index (χ0) is 15.7. The highest BCUT2D eigenvalue weighted by atomic mass is 32.1. The minimum atomic E-state index is 1.35. The summed E-state index contributed by atoms with van der Waals surface area (Å²) in [5.74, 6) is 0. The Kier molecular flexibility index (Phi) is 5.56. The predicted molar refractivity (Wildman–Crippen MR) is 102 cm³/mol. The lowest BCUT2D eigenvalue weighted by atomic mass is 10.3. The van der Waals surface area contributed by atoms with Gasteiger partial charge in [-0.3, -0.25) is 0 Å². The van der Waals surface area contributed by atoms with Gasteiger partial charge in [-0.2, -0.15) is 0 Å². The van der Waals surface area contributed by atoms with Gasteiger partial charge in [0.1, 0.15) is 0 Å². The molecule has 0 amide bonds. The van der Waals surface area contributed by atoms with Crippen LogP contribution in [0.2, 0.25) is 0 Å². The predicted octanol–water partition coefficient (Wildman–Crippen LogP) is 6.21. The Labute approximate surface area is 143 Å². The standard InChI is InChI=1S/2C8H6S.C3H4N2/c2*1-2-4-8-7(3-1)5-6-9-8;1-2-5-3-4-1/h2*1-6H;1-3H,(H,4,5). The summed E-state index contributed by atoms with van der Waals surface area (Å²) in [6.45, 7) is 0. The second-order valence-corrected chi connectivity index (χ2v) is 6.57. The van der Waals surface area contributed by atoms with E-state index in [-0.39, 0.29) is 0 Å². The molecule has 0 unspecified atom stereocenters. The highest BCUT2D eigenvalue weighted by Gasteiger charge is 1.88. The van der Waals surface area contributed by atoms with Crippen LogP contribution in [-0.4, -0.2) is 9.97 Å². The average Bonchev–Trinajstić information content (AvgIpc) is 3.37. The quantitative estimate of drug-likeness (QED) is 0.358. The van der Waals surface area contributed by atoms with Crippen LogP contribution in [0, 0.1) is 0 Å². The molecule has 23 heavy (non-hydrogen) atoms. The fraction of sp³-hybridized carbons (Fsp3) is 0. The van der Waals surface area contributed by atoms with E-state index in [0.717, 1.165) is 0 Å². The van der Waals surface area contributed by atoms with Gasteiger partial charge in [0.05, 0.1) is 6.33 Å². The first-order valence-corrected chi connectivity index (χ1v) is 8.96. The van der Waals surface area contributed by atoms with Crippen LogP contribution in [0.1, 0.15) is 0 Å². The molecule has 0 spiro atoms. The highest BCUT2D eigenvalue weighted by Crippen LogP contribution is 2.19. The highest BCUT2D eigenvalue weighted by molar-refractivity contribution is 7.17. The molecule has 3 heterocycles. The molecule has 0 fully saturated rings. The maximum absolute atomic E-state index is 3.67. The van der Waals surface area contributed by atoms with Crippen molar-refractivity contribution in [3.8, 4) is 0 Å². The second kappa shape index (κ2) is 8.27. The fourth-order valence-corrected chi connectivity index (χ4v) is 3.61. The van der Waals surface area contributed by atoms with Gasteiger partial charge in [0.25, 0.3) is 0 Å². The van der Waals surface area contributed by atoms with Gasteiger partial charge in [0.15, 0.2) is 0 Å². The van der Waals surface area contributed by atoms with Crippen molar-refractivity contribution in [3.63, 3.8) is 0 Å². The maximum atomic E-state index is 3.67. The van der Waals surface area contributed by atoms with Crippen molar-refractivity contribution in [1.82, 2.24) is 9.97 Å². The van der Waals surface area contributed by atoms with Gasteiger partial charge in [-0.05, 0) is 45.8 Å². The van der Waals surface area contributed by atoms with Crippen LogP contribution in [0.4, 0.5) is 0 Å². The Morgan fingerprint density at radius 3 is 1.65 bits per heavy atom. The summed E-state index contributed by atoms with van der Waals surface area (Å²) in [4.78, 5) is 6.42. The van der Waals surface area contributed by atoms with Crippen molar-refractivity contribution in [2.24, 2.45) is 0 Å². The van der Waals surface area contributed by atoms with E-state index in [4.69, 9.17) is 0 Å². The van der Waals surface area contributed by atoms with Gasteiger partial charge in [0.2, 0.25) is 0 Å². The number of aromatic amines is 1. The molecule has 0 saturated heterocycles. The third-order valence-electron chi connectivity index (χ3n) is 3.13. The van der Waals surface area contributed by atoms with E-state index in [0.29, 0.717) is 0 Å². The third kappa shape index (κ3) is 4.52. The molecule has 0 saturated carbocycles. The van der Waals surface area contributed by atoms with Crippen LogP contribution in [0.15, 0.2) is 90.1 Å². The Hall–Kier alpha value is -2.43. The molecule has 1 N–H and O–H groups in total. The number of aromatic nitrogens is 2. The molecule has 0 aliphatic carbocycles. The SMILES string of the molecule is c1c[nH]cn1.c1ccc2sccc2c1.c1ccc2sccc2c1. The third-order valence-corrected chi connectivity index (χ3v) is 4.92. The summed E-state index contributed by atoms with van der Waals surface area (Å²) in [5, 5.41) is 6.93. The van der Waals surface area contributed by atoms with E-state index in [2.05, 4.69) is 81.4 Å². The zero-order valence-electron chi connectivity index (χ0n) is 12.4. The average molecular weight is 336 g/mol. The summed E-state index contributed by atoms with van der Waals surface area (Å²) in [6.07, 6.45) is 5.08. The Balaban J connectivity index is 0.000000107. The van der Waals surface area contributed by atoms with Crippen molar-refractivity contribution >= 4 is 42.8 Å². The van der Waals surface area contributed by atoms with Gasteiger partial charge in [0, 0.05) is 21.8 Å². The van der Waals surface area contributed by atoms with E-state index in [1.165, 1.54) is 20.2 Å². The molecule has 0 radical (unpaired) electrons. The van der Waals surface area contributed by atoms with Gasteiger partial charge in [-0.1, -0.05) is 36.4 Å². The largest absolute Gasteiger partial charge is 0.351 e. The number of imidazole rings is 1. The lowest BCUT2D eigenvalue weighted by Gasteiger charge is -1.82. The molecular formula is C19H16N2S2. The van der Waals surface area contributed by atoms with Gasteiger partial charge in [-0.15, -0.1) is 22.7 Å². The van der Waals surface area contributed by atoms with Crippen LogP contribution in [0.5, 0.6) is 0 Å². The molecule has 4 heteroatoms. The minimum absolute atomic E-state index is 1.35. The van der Waals surface area contributed by atoms with E-state index in [9.17, 15) is 0 Å². The van der Waals surface area contributed by atoms with Crippen LogP contribution >= 0.6 is 22.7 Å². The number of fused-ring (bicyclic) bond motifs is 2. The number of hydrogen-bond donors (Lipinski definition) is 1. The molecular weight excluding hydrogens is 320 g/mol. The maximum Gasteiger partial charge on any atom is 0.0919 e. The number of hydrogen-bond acceptors (Lipinski definition) is 3. The Morgan fingerprint density at radius 1 is 0.696 bits per heavy atom. The van der Waals surface area contributed by atoms with Crippen LogP contribution in [-0.2, 0) is 0 Å². The summed E-state index contributed by atoms with van der Waals surface area (Å²) < 4.78 is 2.75. The number of benzene rings is 2. The number of nitrogens with one attached hydrogen (secondary N) is 1. The van der Waals surface area contributed by atoms with Gasteiger partial charge >= 0.3 is 0 Å². The Bertz CT molecular complexity index is 792. The fourth-order valence-electron chi connectivity index (χ4n) is 2.03. The lowest BCUT2D eigenvalue weighted by molar-refractivity contribution is 1.31. The molecule has 2 aromatic carbocycles. The van der Waals surface area contributed by atoms with Crippen molar-refractivity contribution < 1.29 is 0 Å². The number of H-pyrrole nitrogens is 1. The molecule has 2 nitrogen and oxygen atoms in total. The zero-order valence-corrected chi connectivity index (χ0v) is 14.1. The molecule has 0 aliphatic heterocycles. The van der Waals surface area contributed by atoms with E-state index in [1.807, 2.05) is 0 Å². The molecule has 114 valence electrons. The minimum Gasteiger partial charge on any atom is -0.351 e. The number of thiophene rings is 2. The first-order chi connectivity index (χ1) is 11.4. The molecule has 0 bridgehead atoms. The van der Waals surface area contributed by atoms with Crippen molar-refractivity contribution in [3.05, 3.63) is 90.1 Å². The second-order valence-electron chi connectivity index (χ2n) is 4.68. The van der Waals surface area contributed by atoms with Crippen molar-refractivity contribution in [2.45, 2.75) is 0 Å². The van der Waals surface area contributed by atoms with Crippen LogP contribution < -0.4 is 0 Å². The van der Waals surface area contributed by atoms with Gasteiger partial charge < -0.3 is 4.98 Å². The van der Waals surface area contributed by atoms with E-state index >= 15 is 0 Å². The molecule has 3 aromatic heterocycles. The molecule has 5 aromatic rings. The monoisotopic (exact) mass is 336 g/mol. The summed E-state index contributed by atoms with van der Waals surface area (Å²) >= 11 is 3.57. The molecule has 0 atom stereocenters. The smallest absolute Gasteiger partial charge is 0.0919 e. The van der Waals surface area contributed by atoms with Crippen molar-refractivity contribution in [1.29, 1.82) is 0 Å². The summed E-state index contributed by atoms with van der Waals surface area (Å²) in [6, 6.07) is 21.1. The number of rotatable bonds is 0. The van der Waals surface area contributed by atoms with Crippen LogP contribution in [0.25, 0.3) is 20.2 Å². The first kappa shape index (κ1) is 15.5. The Morgan fingerprint density at radius 2 is 1.26 bits per heavy atom. The molecule has 5 rings (SSSR count). The molecule has 0 aliphatic rings. The first-order valence-electron chi connectivity index (χ1n) is 7.21. The van der Waals surface area contributed by atoms with E-state index in [1.54, 1.807) is 41.4 Å². The summed E-state index contributed by atoms with van der Waals surface area (Å²) in [7, 11) is 0. The van der Waals surface area contributed by atoms with Crippen molar-refractivity contribution in [2.75, 3.05) is 0 Å². The lowest BCUT2D eigenvalue weighted by Crippen LogP contribution is -1.56. The summed E-state index contributed by atoms with van der Waals surface area (Å²) in [5.41, 5.74) is 0. The van der Waals surface area contributed by atoms with Crippen LogP contribution in [0.3, 0.4) is 0 Å². The topological polar surface area (TPSA) is 28.7 Å².